The van der Waals surface area contributed by atoms with E-state index >= 15 is 0 Å². The van der Waals surface area contributed by atoms with Gasteiger partial charge in [0.25, 0.3) is 0 Å². The first-order valence-corrected chi connectivity index (χ1v) is 9.91. The zero-order valence-corrected chi connectivity index (χ0v) is 15.2. The molecule has 4 rings (SSSR count). The molecule has 0 aliphatic heterocycles. The number of hydrogen-bond donors (Lipinski definition) is 0. The van der Waals surface area contributed by atoms with Gasteiger partial charge in [0, 0.05) is 0 Å². The number of furan rings is 1. The van der Waals surface area contributed by atoms with E-state index in [0.29, 0.717) is 0 Å². The molecule has 0 N–H and O–H groups in total. The fraction of sp³-hybridized carbons (Fsp3) is 0.0909. The average molecular weight is 377 g/mol. The maximum absolute atomic E-state index is 6.32. The van der Waals surface area contributed by atoms with Crippen LogP contribution in [0.1, 0.15) is 12.5 Å². The second kappa shape index (κ2) is 6.68. The zero-order chi connectivity index (χ0) is 16.4. The topological polar surface area (TPSA) is 13.1 Å². The van der Waals surface area contributed by atoms with E-state index < -0.39 is 0 Å². The number of para-hydroxylation sites is 1. The monoisotopic (exact) mass is 378 g/mol. The van der Waals surface area contributed by atoms with Crippen LogP contribution in [0, 0.1) is 0 Å². The molecule has 1 aromatic heterocycles. The van der Waals surface area contributed by atoms with Gasteiger partial charge < -0.3 is 0 Å². The molecule has 0 unspecified atom stereocenters. The van der Waals surface area contributed by atoms with Crippen LogP contribution in [0.5, 0.6) is 0 Å². The Morgan fingerprint density at radius 3 is 2.33 bits per heavy atom. The van der Waals surface area contributed by atoms with Crippen molar-refractivity contribution in [1.29, 1.82) is 0 Å². The van der Waals surface area contributed by atoms with Crippen LogP contribution in [-0.2, 0) is 6.42 Å². The summed E-state index contributed by atoms with van der Waals surface area (Å²) in [5, 5.41) is 1.24. The first-order chi connectivity index (χ1) is 11.9. The molecular weight excluding hydrogens is 359 g/mol. The second-order valence-corrected chi connectivity index (χ2v) is 7.96. The predicted molar refractivity (Wildman–Crippen MR) is 102 cm³/mol. The summed E-state index contributed by atoms with van der Waals surface area (Å²) in [5.74, 6) is 1.04. The third-order valence-corrected chi connectivity index (χ3v) is 6.50. The first-order valence-electron chi connectivity index (χ1n) is 8.19. The van der Waals surface area contributed by atoms with Crippen molar-refractivity contribution in [3.05, 3.63) is 84.4 Å². The predicted octanol–water partition coefficient (Wildman–Crippen LogP) is 4.32. The van der Waals surface area contributed by atoms with Crippen LogP contribution in [0.2, 0.25) is 0 Å². The fourth-order valence-corrected chi connectivity index (χ4v) is 5.16. The molecule has 0 bridgehead atoms. The Kier molecular flexibility index (Phi) is 4.25. The van der Waals surface area contributed by atoms with Crippen LogP contribution in [0.3, 0.4) is 0 Å². The zero-order valence-electron chi connectivity index (χ0n) is 13.5. The van der Waals surface area contributed by atoms with E-state index in [-0.39, 0.29) is 15.0 Å². The van der Waals surface area contributed by atoms with E-state index in [1.54, 1.807) is 0 Å². The molecule has 118 valence electrons. The average Bonchev–Trinajstić information content (AvgIpc) is 3.01. The van der Waals surface area contributed by atoms with E-state index in [9.17, 15) is 0 Å². The fourth-order valence-electron chi connectivity index (χ4n) is 2.96. The number of fused-ring (bicyclic) bond motifs is 1. The van der Waals surface area contributed by atoms with Gasteiger partial charge in [-0.15, -0.1) is 0 Å². The number of benzene rings is 3. The Bertz CT molecular complexity index is 970. The molecule has 0 radical (unpaired) electrons. The van der Waals surface area contributed by atoms with Crippen molar-refractivity contribution in [2.24, 2.45) is 0 Å². The molecule has 0 fully saturated rings. The van der Waals surface area contributed by atoms with Gasteiger partial charge in [-0.25, -0.2) is 0 Å². The number of rotatable bonds is 4. The van der Waals surface area contributed by atoms with E-state index in [2.05, 4.69) is 79.7 Å². The quantitative estimate of drug-likeness (QED) is 0.483. The van der Waals surface area contributed by atoms with E-state index in [1.165, 1.54) is 25.4 Å². The van der Waals surface area contributed by atoms with Gasteiger partial charge in [-0.1, -0.05) is 0 Å². The Labute approximate surface area is 148 Å². The second-order valence-electron chi connectivity index (χ2n) is 5.68. The Morgan fingerprint density at radius 2 is 1.50 bits per heavy atom. The molecule has 2 heteroatoms. The van der Waals surface area contributed by atoms with Crippen molar-refractivity contribution in [3.63, 3.8) is 0 Å². The van der Waals surface area contributed by atoms with Crippen LogP contribution >= 0.6 is 0 Å². The molecule has 3 aromatic carbocycles. The molecule has 4 aromatic rings. The van der Waals surface area contributed by atoms with E-state index in [0.717, 1.165) is 17.8 Å². The summed E-state index contributed by atoms with van der Waals surface area (Å²) in [7, 11) is 0. The van der Waals surface area contributed by atoms with Gasteiger partial charge in [0.2, 0.25) is 0 Å². The summed E-state index contributed by atoms with van der Waals surface area (Å²) in [4.78, 5) is 0. The van der Waals surface area contributed by atoms with Crippen LogP contribution in [0.4, 0.5) is 0 Å². The van der Waals surface area contributed by atoms with Crippen molar-refractivity contribution in [3.8, 4) is 11.3 Å². The molecule has 1 nitrogen and oxygen atoms in total. The summed E-state index contributed by atoms with van der Waals surface area (Å²) >= 11 is 0.212. The van der Waals surface area contributed by atoms with Crippen LogP contribution in [0.15, 0.2) is 83.3 Å². The SMILES string of the molecule is CCc1ccccc1-c1oc2ccccc2c1[Se]c1ccccc1. The Hall–Kier alpha value is -2.28. The van der Waals surface area contributed by atoms with Gasteiger partial charge in [0.1, 0.15) is 0 Å². The minimum absolute atomic E-state index is 0.212. The Balaban J connectivity index is 1.93. The summed E-state index contributed by atoms with van der Waals surface area (Å²) < 4.78 is 9.02. The van der Waals surface area contributed by atoms with Gasteiger partial charge in [0.15, 0.2) is 0 Å². The normalized spacial score (nSPS) is 11.0. The molecule has 0 aliphatic rings. The third-order valence-electron chi connectivity index (χ3n) is 4.16. The summed E-state index contributed by atoms with van der Waals surface area (Å²) in [6.07, 6.45) is 1.00. The standard InChI is InChI=1S/C22H18OSe/c1-2-16-10-6-7-13-18(16)21-22(24-17-11-4-3-5-12-17)19-14-8-9-15-20(19)23-21/h3-15H,2H2,1H3. The van der Waals surface area contributed by atoms with Gasteiger partial charge in [-0.05, 0) is 0 Å². The summed E-state index contributed by atoms with van der Waals surface area (Å²) in [5.41, 5.74) is 3.54. The number of aryl methyl sites for hydroxylation is 1. The third kappa shape index (κ3) is 2.80. The van der Waals surface area contributed by atoms with Crippen LogP contribution in [-0.4, -0.2) is 15.0 Å². The molecule has 0 atom stereocenters. The molecule has 0 saturated heterocycles. The van der Waals surface area contributed by atoms with Crippen molar-refractivity contribution in [2.45, 2.75) is 13.3 Å². The molecular formula is C22H18OSe. The minimum atomic E-state index is 0.212. The van der Waals surface area contributed by atoms with Crippen molar-refractivity contribution in [2.75, 3.05) is 0 Å². The van der Waals surface area contributed by atoms with E-state index in [4.69, 9.17) is 4.42 Å². The van der Waals surface area contributed by atoms with Crippen LogP contribution < -0.4 is 8.92 Å². The number of hydrogen-bond acceptors (Lipinski definition) is 1. The Morgan fingerprint density at radius 1 is 0.792 bits per heavy atom. The molecule has 0 amide bonds. The molecule has 0 saturated carbocycles. The molecule has 0 aliphatic carbocycles. The van der Waals surface area contributed by atoms with Gasteiger partial charge in [-0.2, -0.15) is 0 Å². The van der Waals surface area contributed by atoms with Gasteiger partial charge in [0.05, 0.1) is 0 Å². The molecule has 24 heavy (non-hydrogen) atoms. The van der Waals surface area contributed by atoms with Crippen molar-refractivity contribution >= 4 is 34.8 Å². The van der Waals surface area contributed by atoms with Crippen LogP contribution in [0.25, 0.3) is 22.3 Å². The van der Waals surface area contributed by atoms with Crippen molar-refractivity contribution < 1.29 is 4.42 Å². The maximum atomic E-state index is 6.32. The van der Waals surface area contributed by atoms with E-state index in [1.807, 2.05) is 6.07 Å². The van der Waals surface area contributed by atoms with Gasteiger partial charge >= 0.3 is 148 Å². The van der Waals surface area contributed by atoms with Gasteiger partial charge in [-0.3, -0.25) is 0 Å². The molecule has 0 spiro atoms. The molecule has 1 heterocycles. The first kappa shape index (κ1) is 15.3. The summed E-state index contributed by atoms with van der Waals surface area (Å²) in [6, 6.07) is 27.7. The summed E-state index contributed by atoms with van der Waals surface area (Å²) in [6.45, 7) is 2.20. The van der Waals surface area contributed by atoms with Crippen molar-refractivity contribution in [1.82, 2.24) is 0 Å².